The maximum Gasteiger partial charge on any atom is 0.115 e. The summed E-state index contributed by atoms with van der Waals surface area (Å²) in [5, 5.41) is 11.3. The maximum absolute atomic E-state index is 9.65. The van der Waals surface area contributed by atoms with Gasteiger partial charge in [-0.2, -0.15) is 0 Å². The van der Waals surface area contributed by atoms with Crippen LogP contribution in [0.4, 0.5) is 0 Å². The zero-order valence-corrected chi connectivity index (χ0v) is 16.2. The second-order valence-corrected chi connectivity index (χ2v) is 11.3. The van der Waals surface area contributed by atoms with Gasteiger partial charge in [0.15, 0.2) is 0 Å². The van der Waals surface area contributed by atoms with E-state index < -0.39 is 8.07 Å². The van der Waals surface area contributed by atoms with Crippen LogP contribution in [0.15, 0.2) is 18.2 Å². The number of phenols is 1. The van der Waals surface area contributed by atoms with Gasteiger partial charge in [-0.3, -0.25) is 0 Å². The van der Waals surface area contributed by atoms with Gasteiger partial charge in [0.05, 0.1) is 8.07 Å². The number of hydrogen-bond donors (Lipinski definition) is 1. The second-order valence-electron chi connectivity index (χ2n) is 5.93. The molecule has 0 aliphatic rings. The normalized spacial score (nSPS) is 10.8. The fraction of sp³-hybridized carbons (Fsp3) is 0.538. The van der Waals surface area contributed by atoms with Gasteiger partial charge in [-0.05, 0) is 29.7 Å². The number of benzene rings is 1. The van der Waals surface area contributed by atoms with E-state index in [0.29, 0.717) is 10.8 Å². The Kier molecular flexibility index (Phi) is 10.4. The molecular weight excluding hydrogens is 319 g/mol. The van der Waals surface area contributed by atoms with E-state index >= 15 is 0 Å². The van der Waals surface area contributed by atoms with E-state index in [1.54, 1.807) is 0 Å². The fourth-order valence-corrected chi connectivity index (χ4v) is 3.52. The van der Waals surface area contributed by atoms with Crippen LogP contribution in [0.5, 0.6) is 5.75 Å². The van der Waals surface area contributed by atoms with Gasteiger partial charge in [0.2, 0.25) is 0 Å². The first kappa shape index (κ1) is 23.6. The maximum atomic E-state index is 9.65. The largest absolute Gasteiger partial charge is 0.508 e. The smallest absolute Gasteiger partial charge is 0.115 e. The Bertz CT molecular complexity index is 355. The van der Waals surface area contributed by atoms with Crippen LogP contribution < -0.4 is 5.19 Å². The first-order valence-electron chi connectivity index (χ1n) is 5.46. The molecular formula is C13H24Cl2OSiTi. The molecule has 1 rings (SSSR count). The Morgan fingerprint density at radius 1 is 1.00 bits per heavy atom. The van der Waals surface area contributed by atoms with E-state index in [4.69, 9.17) is 0 Å². The standard InChI is InChI=1S/C13H22OSi.2ClH.Ti/c1-10-7-11(14)9-12(8-10)15(5,6)13(2,3)4;;;/h7-9,14H,1-6H3;2*1H;. The number of aromatic hydroxyl groups is 1. The molecule has 0 aromatic heterocycles. The van der Waals surface area contributed by atoms with Crippen molar-refractivity contribution in [1.82, 2.24) is 0 Å². The molecule has 0 radical (unpaired) electrons. The van der Waals surface area contributed by atoms with Crippen LogP contribution in [-0.4, -0.2) is 13.2 Å². The Hall–Kier alpha value is 0.531. The molecule has 0 fully saturated rings. The summed E-state index contributed by atoms with van der Waals surface area (Å²) in [7, 11) is -1.50. The summed E-state index contributed by atoms with van der Waals surface area (Å²) < 4.78 is 0. The minimum absolute atomic E-state index is 0. The monoisotopic (exact) mass is 342 g/mol. The van der Waals surface area contributed by atoms with Crippen molar-refractivity contribution < 1.29 is 26.8 Å². The number of halogens is 2. The molecule has 0 atom stereocenters. The minimum atomic E-state index is -1.50. The molecule has 0 bridgehead atoms. The molecule has 0 unspecified atom stereocenters. The van der Waals surface area contributed by atoms with Crippen molar-refractivity contribution in [3.8, 4) is 5.75 Å². The first-order valence-corrected chi connectivity index (χ1v) is 8.46. The molecule has 1 nitrogen and oxygen atoms in total. The predicted octanol–water partition coefficient (Wildman–Crippen LogP) is 4.26. The van der Waals surface area contributed by atoms with Gasteiger partial charge in [0.25, 0.3) is 0 Å². The van der Waals surface area contributed by atoms with Gasteiger partial charge < -0.3 is 5.11 Å². The molecule has 1 N–H and O–H groups in total. The van der Waals surface area contributed by atoms with Crippen LogP contribution >= 0.6 is 24.8 Å². The Morgan fingerprint density at radius 3 is 1.78 bits per heavy atom. The molecule has 0 amide bonds. The third kappa shape index (κ3) is 5.26. The number of aryl methyl sites for hydroxylation is 1. The molecule has 5 heteroatoms. The zero-order chi connectivity index (χ0) is 11.9. The van der Waals surface area contributed by atoms with E-state index in [1.165, 1.54) is 5.19 Å². The van der Waals surface area contributed by atoms with Crippen LogP contribution in [0.2, 0.25) is 18.1 Å². The average molecular weight is 343 g/mol. The average Bonchev–Trinajstić information content (AvgIpc) is 1.99. The summed E-state index contributed by atoms with van der Waals surface area (Å²) >= 11 is 0. The molecule has 0 aliphatic carbocycles. The number of rotatable bonds is 1. The van der Waals surface area contributed by atoms with E-state index in [1.807, 2.05) is 19.1 Å². The summed E-state index contributed by atoms with van der Waals surface area (Å²) in [5.74, 6) is 0.398. The third-order valence-corrected chi connectivity index (χ3v) is 9.14. The molecule has 1 aromatic rings. The quantitative estimate of drug-likeness (QED) is 0.756. The Labute approximate surface area is 139 Å². The molecule has 0 saturated carbocycles. The minimum Gasteiger partial charge on any atom is -0.508 e. The molecule has 0 spiro atoms. The van der Waals surface area contributed by atoms with Crippen molar-refractivity contribution in [3.63, 3.8) is 0 Å². The van der Waals surface area contributed by atoms with Gasteiger partial charge in [-0.1, -0.05) is 45.1 Å². The van der Waals surface area contributed by atoms with Crippen molar-refractivity contribution >= 4 is 38.1 Å². The predicted molar refractivity (Wildman–Crippen MR) is 84.2 cm³/mol. The van der Waals surface area contributed by atoms with Crippen molar-refractivity contribution in [2.45, 2.75) is 45.8 Å². The van der Waals surface area contributed by atoms with Crippen molar-refractivity contribution in [3.05, 3.63) is 23.8 Å². The zero-order valence-electron chi connectivity index (χ0n) is 12.0. The summed E-state index contributed by atoms with van der Waals surface area (Å²) in [6.07, 6.45) is 0. The van der Waals surface area contributed by atoms with Gasteiger partial charge >= 0.3 is 0 Å². The van der Waals surface area contributed by atoms with Crippen LogP contribution in [-0.2, 0) is 21.7 Å². The van der Waals surface area contributed by atoms with Gasteiger partial charge in [0.1, 0.15) is 5.75 Å². The van der Waals surface area contributed by atoms with Crippen molar-refractivity contribution in [1.29, 1.82) is 0 Å². The van der Waals surface area contributed by atoms with Crippen LogP contribution in [0.25, 0.3) is 0 Å². The van der Waals surface area contributed by atoms with Gasteiger partial charge in [-0.15, -0.1) is 24.8 Å². The van der Waals surface area contributed by atoms with Gasteiger partial charge in [0, 0.05) is 21.7 Å². The van der Waals surface area contributed by atoms with Crippen LogP contribution in [0.1, 0.15) is 26.3 Å². The second kappa shape index (κ2) is 7.96. The topological polar surface area (TPSA) is 20.2 Å². The number of phenolic OH excluding ortho intramolecular Hbond substituents is 1. The molecule has 0 heterocycles. The SMILES string of the molecule is Cc1cc(O)cc([Si](C)(C)C(C)(C)C)c1.Cl.Cl.[Ti]. The number of hydrogen-bond acceptors (Lipinski definition) is 1. The van der Waals surface area contributed by atoms with Crippen LogP contribution in [0, 0.1) is 6.92 Å². The molecule has 0 saturated heterocycles. The van der Waals surface area contributed by atoms with E-state index in [9.17, 15) is 5.11 Å². The molecule has 0 aliphatic heterocycles. The first-order chi connectivity index (χ1) is 6.64. The third-order valence-electron chi connectivity index (χ3n) is 3.66. The molecule has 1 aromatic carbocycles. The summed E-state index contributed by atoms with van der Waals surface area (Å²) in [6.45, 7) is 13.6. The van der Waals surface area contributed by atoms with Crippen LogP contribution in [0.3, 0.4) is 0 Å². The summed E-state index contributed by atoms with van der Waals surface area (Å²) in [4.78, 5) is 0. The van der Waals surface area contributed by atoms with Crippen molar-refractivity contribution in [2.75, 3.05) is 0 Å². The Balaban J connectivity index is -0.000000750. The fourth-order valence-electron chi connectivity index (χ4n) is 1.56. The molecule has 18 heavy (non-hydrogen) atoms. The Morgan fingerprint density at radius 2 is 1.44 bits per heavy atom. The summed E-state index contributed by atoms with van der Waals surface area (Å²) in [6, 6.07) is 5.97. The van der Waals surface area contributed by atoms with E-state index in [-0.39, 0.29) is 46.5 Å². The van der Waals surface area contributed by atoms with E-state index in [2.05, 4.69) is 39.9 Å². The van der Waals surface area contributed by atoms with Crippen molar-refractivity contribution in [2.24, 2.45) is 0 Å². The summed E-state index contributed by atoms with van der Waals surface area (Å²) in [5.41, 5.74) is 1.15. The van der Waals surface area contributed by atoms with Gasteiger partial charge in [-0.25, -0.2) is 0 Å². The molecule has 104 valence electrons. The van der Waals surface area contributed by atoms with E-state index in [0.717, 1.165) is 5.56 Å².